The summed E-state index contributed by atoms with van der Waals surface area (Å²) in [4.78, 5) is 12.5. The Bertz CT molecular complexity index is 1020. The summed E-state index contributed by atoms with van der Waals surface area (Å²) in [5.74, 6) is 0.178. The van der Waals surface area contributed by atoms with Gasteiger partial charge in [0.15, 0.2) is 0 Å². The molecule has 29 heavy (non-hydrogen) atoms. The molecule has 0 bridgehead atoms. The molecule has 4 rings (SSSR count). The number of benzene rings is 2. The minimum absolute atomic E-state index is 0.0424. The Kier molecular flexibility index (Phi) is 6.16. The van der Waals surface area contributed by atoms with E-state index in [0.29, 0.717) is 10.2 Å². The molecule has 1 atom stereocenters. The zero-order chi connectivity index (χ0) is 20.2. The second-order valence-corrected chi connectivity index (χ2v) is 8.55. The van der Waals surface area contributed by atoms with Crippen molar-refractivity contribution in [2.75, 3.05) is 5.75 Å². The first-order valence-corrected chi connectivity index (χ1v) is 11.0. The molecule has 150 valence electrons. The number of thioether (sulfide) groups is 1. The summed E-state index contributed by atoms with van der Waals surface area (Å²) in [5.41, 5.74) is 4.77. The average Bonchev–Trinajstić information content (AvgIpc) is 3.20. The molecule has 2 aromatic carbocycles. The molecule has 1 aliphatic rings. The van der Waals surface area contributed by atoms with Crippen molar-refractivity contribution in [3.8, 4) is 5.69 Å². The van der Waals surface area contributed by atoms with E-state index in [-0.39, 0.29) is 17.7 Å². The van der Waals surface area contributed by atoms with Crippen LogP contribution in [0.5, 0.6) is 0 Å². The van der Waals surface area contributed by atoms with Gasteiger partial charge in [0.2, 0.25) is 11.1 Å². The smallest absolute Gasteiger partial charge is 0.230 e. The molecule has 1 heterocycles. The fraction of sp³-hybridized carbons (Fsp3) is 0.333. The Morgan fingerprint density at radius 3 is 2.86 bits per heavy atom. The monoisotopic (exact) mass is 427 g/mol. The van der Waals surface area contributed by atoms with Crippen molar-refractivity contribution in [1.82, 2.24) is 25.5 Å². The molecule has 8 heteroatoms. The molecule has 1 aliphatic carbocycles. The van der Waals surface area contributed by atoms with Gasteiger partial charge >= 0.3 is 0 Å². The molecule has 1 aromatic heterocycles. The molecule has 0 aliphatic heterocycles. The first-order chi connectivity index (χ1) is 14.1. The van der Waals surface area contributed by atoms with E-state index in [4.69, 9.17) is 11.6 Å². The zero-order valence-electron chi connectivity index (χ0n) is 16.1. The van der Waals surface area contributed by atoms with Gasteiger partial charge in [-0.2, -0.15) is 4.68 Å². The fourth-order valence-corrected chi connectivity index (χ4v) is 4.44. The molecule has 0 spiro atoms. The molecule has 0 fully saturated rings. The van der Waals surface area contributed by atoms with Crippen molar-refractivity contribution in [2.24, 2.45) is 0 Å². The van der Waals surface area contributed by atoms with Crippen LogP contribution in [0.1, 0.15) is 42.5 Å². The number of carbonyl (C=O) groups excluding carboxylic acids is 1. The van der Waals surface area contributed by atoms with Crippen LogP contribution < -0.4 is 5.32 Å². The summed E-state index contributed by atoms with van der Waals surface area (Å²) in [5, 5.41) is 16.0. The summed E-state index contributed by atoms with van der Waals surface area (Å²) >= 11 is 7.34. The number of aryl methyl sites for hydroxylation is 2. The fourth-order valence-electron chi connectivity index (χ4n) is 3.56. The highest BCUT2D eigenvalue weighted by atomic mass is 35.5. The van der Waals surface area contributed by atoms with Crippen LogP contribution in [-0.2, 0) is 17.6 Å². The largest absolute Gasteiger partial charge is 0.349 e. The third kappa shape index (κ3) is 4.79. The van der Waals surface area contributed by atoms with Gasteiger partial charge in [0, 0.05) is 5.02 Å². The van der Waals surface area contributed by atoms with Crippen molar-refractivity contribution < 1.29 is 4.79 Å². The second kappa shape index (κ2) is 8.97. The molecule has 3 aromatic rings. The molecular weight excluding hydrogens is 406 g/mol. The van der Waals surface area contributed by atoms with Gasteiger partial charge in [0.05, 0.1) is 17.5 Å². The second-order valence-electron chi connectivity index (χ2n) is 7.17. The van der Waals surface area contributed by atoms with E-state index < -0.39 is 0 Å². The average molecular weight is 428 g/mol. The quantitative estimate of drug-likeness (QED) is 0.598. The highest BCUT2D eigenvalue weighted by molar-refractivity contribution is 7.99. The zero-order valence-corrected chi connectivity index (χ0v) is 17.7. The third-order valence-corrected chi connectivity index (χ3v) is 6.23. The summed E-state index contributed by atoms with van der Waals surface area (Å²) in [6.45, 7) is 2.02. The van der Waals surface area contributed by atoms with Crippen LogP contribution in [-0.4, -0.2) is 31.9 Å². The number of nitrogens with zero attached hydrogens (tertiary/aromatic N) is 4. The van der Waals surface area contributed by atoms with Crippen molar-refractivity contribution in [2.45, 2.75) is 43.8 Å². The third-order valence-electron chi connectivity index (χ3n) is 5.08. The van der Waals surface area contributed by atoms with E-state index >= 15 is 0 Å². The molecule has 0 radical (unpaired) electrons. The van der Waals surface area contributed by atoms with Gasteiger partial charge in [-0.05, 0) is 77.9 Å². The van der Waals surface area contributed by atoms with Crippen LogP contribution in [0.15, 0.2) is 47.6 Å². The summed E-state index contributed by atoms with van der Waals surface area (Å²) in [6.07, 6.45) is 4.81. The van der Waals surface area contributed by atoms with E-state index in [1.165, 1.54) is 35.7 Å². The van der Waals surface area contributed by atoms with Crippen LogP contribution in [0.3, 0.4) is 0 Å². The Balaban J connectivity index is 1.37. The van der Waals surface area contributed by atoms with Gasteiger partial charge in [0.25, 0.3) is 0 Å². The van der Waals surface area contributed by atoms with Gasteiger partial charge in [-0.15, -0.1) is 5.10 Å². The lowest BCUT2D eigenvalue weighted by atomic mass is 9.89. The maximum atomic E-state index is 12.5. The highest BCUT2D eigenvalue weighted by Gasteiger charge is 2.16. The van der Waals surface area contributed by atoms with Gasteiger partial charge in [-0.1, -0.05) is 47.6 Å². The SMILES string of the molecule is C[C@H](NC(=O)CSc1nnnn1-c1cccc(Cl)c1)c1ccc2c(c1)CCCC2. The number of hydrogen-bond acceptors (Lipinski definition) is 5. The minimum atomic E-state index is -0.0548. The highest BCUT2D eigenvalue weighted by Crippen LogP contribution is 2.25. The molecule has 1 N–H and O–H groups in total. The Morgan fingerprint density at radius 2 is 2.03 bits per heavy atom. The van der Waals surface area contributed by atoms with Gasteiger partial charge in [-0.3, -0.25) is 4.79 Å². The van der Waals surface area contributed by atoms with Gasteiger partial charge in [0.1, 0.15) is 0 Å². The lowest BCUT2D eigenvalue weighted by Gasteiger charge is -2.20. The molecule has 1 amide bonds. The van der Waals surface area contributed by atoms with Crippen molar-refractivity contribution >= 4 is 29.3 Å². The minimum Gasteiger partial charge on any atom is -0.349 e. The summed E-state index contributed by atoms with van der Waals surface area (Å²) in [7, 11) is 0. The van der Waals surface area contributed by atoms with Crippen molar-refractivity contribution in [1.29, 1.82) is 0 Å². The first kappa shape index (κ1) is 19.9. The normalized spacial score (nSPS) is 14.3. The number of nitrogens with one attached hydrogen (secondary N) is 1. The maximum absolute atomic E-state index is 12.5. The number of halogens is 1. The number of rotatable bonds is 6. The Morgan fingerprint density at radius 1 is 1.21 bits per heavy atom. The van der Waals surface area contributed by atoms with E-state index in [0.717, 1.165) is 24.1 Å². The Hall–Kier alpha value is -2.38. The maximum Gasteiger partial charge on any atom is 0.230 e. The molecule has 6 nitrogen and oxygen atoms in total. The summed E-state index contributed by atoms with van der Waals surface area (Å²) < 4.78 is 1.58. The number of carbonyl (C=O) groups is 1. The van der Waals surface area contributed by atoms with Gasteiger partial charge < -0.3 is 5.32 Å². The van der Waals surface area contributed by atoms with Crippen molar-refractivity contribution in [3.63, 3.8) is 0 Å². The van der Waals surface area contributed by atoms with Crippen LogP contribution in [0.4, 0.5) is 0 Å². The predicted molar refractivity (Wildman–Crippen MR) is 115 cm³/mol. The first-order valence-electron chi connectivity index (χ1n) is 9.68. The van der Waals surface area contributed by atoms with E-state index in [1.54, 1.807) is 16.8 Å². The molecule has 0 saturated heterocycles. The number of hydrogen-bond donors (Lipinski definition) is 1. The molecule has 0 unspecified atom stereocenters. The van der Waals surface area contributed by atoms with E-state index in [1.807, 2.05) is 19.1 Å². The standard InChI is InChI=1S/C21H22ClN5OS/c1-14(16-10-9-15-5-2-3-6-17(15)11-16)23-20(28)13-29-21-24-25-26-27(21)19-8-4-7-18(22)12-19/h4,7-12,14H,2-3,5-6,13H2,1H3,(H,23,28)/t14-/m0/s1. The lowest BCUT2D eigenvalue weighted by molar-refractivity contribution is -0.119. The van der Waals surface area contributed by atoms with Crippen LogP contribution in [0.25, 0.3) is 5.69 Å². The van der Waals surface area contributed by atoms with Crippen LogP contribution in [0.2, 0.25) is 5.02 Å². The number of aromatic nitrogens is 4. The van der Waals surface area contributed by atoms with E-state index in [2.05, 4.69) is 39.0 Å². The van der Waals surface area contributed by atoms with Crippen LogP contribution in [0, 0.1) is 0 Å². The van der Waals surface area contributed by atoms with Gasteiger partial charge in [-0.25, -0.2) is 0 Å². The number of fused-ring (bicyclic) bond motifs is 1. The predicted octanol–water partition coefficient (Wildman–Crippen LogP) is 4.16. The number of tetrazole rings is 1. The number of amides is 1. The van der Waals surface area contributed by atoms with E-state index in [9.17, 15) is 4.79 Å². The topological polar surface area (TPSA) is 72.7 Å². The van der Waals surface area contributed by atoms with Crippen LogP contribution >= 0.6 is 23.4 Å². The summed E-state index contributed by atoms with van der Waals surface area (Å²) in [6, 6.07) is 13.8. The van der Waals surface area contributed by atoms with Crippen molar-refractivity contribution in [3.05, 3.63) is 64.2 Å². The lowest BCUT2D eigenvalue weighted by Crippen LogP contribution is -2.28. The molecule has 0 saturated carbocycles. The molecular formula is C21H22ClN5OS. The Labute approximate surface area is 179 Å².